The van der Waals surface area contributed by atoms with Crippen LogP contribution in [0.2, 0.25) is 0 Å². The van der Waals surface area contributed by atoms with Crippen molar-refractivity contribution in [2.75, 3.05) is 19.0 Å². The quantitative estimate of drug-likeness (QED) is 0.681. The molecule has 0 amide bonds. The first-order valence-corrected chi connectivity index (χ1v) is 4.27. The predicted octanol–water partition coefficient (Wildman–Crippen LogP) is 1.80. The second-order valence-electron chi connectivity index (χ2n) is 3.04. The SMILES string of the molecule is CNc1ccc2c(c1)CCOC2. The first-order valence-electron chi connectivity index (χ1n) is 4.27. The molecule has 1 aliphatic rings. The van der Waals surface area contributed by atoms with E-state index < -0.39 is 0 Å². The van der Waals surface area contributed by atoms with E-state index in [4.69, 9.17) is 4.74 Å². The monoisotopic (exact) mass is 163 g/mol. The maximum Gasteiger partial charge on any atom is 0.0719 e. The van der Waals surface area contributed by atoms with Crippen molar-refractivity contribution in [3.05, 3.63) is 29.3 Å². The van der Waals surface area contributed by atoms with Crippen molar-refractivity contribution in [3.63, 3.8) is 0 Å². The first-order chi connectivity index (χ1) is 5.90. The van der Waals surface area contributed by atoms with E-state index in [0.29, 0.717) is 0 Å². The molecule has 0 radical (unpaired) electrons. The van der Waals surface area contributed by atoms with Crippen molar-refractivity contribution in [1.82, 2.24) is 0 Å². The fraction of sp³-hybridized carbons (Fsp3) is 0.400. The lowest BCUT2D eigenvalue weighted by Crippen LogP contribution is -2.09. The second-order valence-corrected chi connectivity index (χ2v) is 3.04. The van der Waals surface area contributed by atoms with Crippen molar-refractivity contribution in [2.24, 2.45) is 0 Å². The summed E-state index contributed by atoms with van der Waals surface area (Å²) in [5, 5.41) is 3.14. The highest BCUT2D eigenvalue weighted by Gasteiger charge is 2.08. The van der Waals surface area contributed by atoms with E-state index >= 15 is 0 Å². The van der Waals surface area contributed by atoms with Gasteiger partial charge in [0.05, 0.1) is 13.2 Å². The summed E-state index contributed by atoms with van der Waals surface area (Å²) < 4.78 is 5.35. The molecule has 0 saturated heterocycles. The average Bonchev–Trinajstić information content (AvgIpc) is 2.17. The molecule has 0 fully saturated rings. The molecule has 2 nitrogen and oxygen atoms in total. The van der Waals surface area contributed by atoms with Crippen LogP contribution in [0.5, 0.6) is 0 Å². The molecule has 0 aromatic heterocycles. The fourth-order valence-corrected chi connectivity index (χ4v) is 1.52. The molecule has 1 aliphatic heterocycles. The van der Waals surface area contributed by atoms with E-state index in [1.54, 1.807) is 0 Å². The van der Waals surface area contributed by atoms with Gasteiger partial charge in [-0.3, -0.25) is 0 Å². The Morgan fingerprint density at radius 2 is 2.25 bits per heavy atom. The van der Waals surface area contributed by atoms with Crippen molar-refractivity contribution in [2.45, 2.75) is 13.0 Å². The summed E-state index contributed by atoms with van der Waals surface area (Å²) in [6, 6.07) is 6.44. The summed E-state index contributed by atoms with van der Waals surface area (Å²) in [5.41, 5.74) is 3.95. The molecule has 1 N–H and O–H groups in total. The normalized spacial score (nSPS) is 15.4. The Balaban J connectivity index is 2.36. The molecule has 2 rings (SSSR count). The van der Waals surface area contributed by atoms with Gasteiger partial charge in [0.25, 0.3) is 0 Å². The average molecular weight is 163 g/mol. The van der Waals surface area contributed by atoms with Gasteiger partial charge in [0, 0.05) is 12.7 Å². The topological polar surface area (TPSA) is 21.3 Å². The first kappa shape index (κ1) is 7.62. The van der Waals surface area contributed by atoms with Crippen molar-refractivity contribution >= 4 is 5.69 Å². The minimum atomic E-state index is 0.777. The van der Waals surface area contributed by atoms with E-state index in [1.165, 1.54) is 16.8 Å². The molecular formula is C10H13NO. The summed E-state index contributed by atoms with van der Waals surface area (Å²) in [6.07, 6.45) is 1.05. The van der Waals surface area contributed by atoms with Crippen molar-refractivity contribution in [1.29, 1.82) is 0 Å². The molecule has 0 saturated carbocycles. The molecule has 1 heterocycles. The number of hydrogen-bond acceptors (Lipinski definition) is 2. The molecule has 12 heavy (non-hydrogen) atoms. The van der Waals surface area contributed by atoms with Gasteiger partial charge in [0.15, 0.2) is 0 Å². The maximum absolute atomic E-state index is 5.35. The van der Waals surface area contributed by atoms with Crippen molar-refractivity contribution < 1.29 is 4.74 Å². The summed E-state index contributed by atoms with van der Waals surface area (Å²) in [4.78, 5) is 0. The van der Waals surface area contributed by atoms with Crippen LogP contribution in [0.3, 0.4) is 0 Å². The van der Waals surface area contributed by atoms with Gasteiger partial charge < -0.3 is 10.1 Å². The summed E-state index contributed by atoms with van der Waals surface area (Å²) in [5.74, 6) is 0. The van der Waals surface area contributed by atoms with E-state index in [2.05, 4.69) is 23.5 Å². The number of fused-ring (bicyclic) bond motifs is 1. The van der Waals surface area contributed by atoms with Crippen LogP contribution in [-0.2, 0) is 17.8 Å². The number of rotatable bonds is 1. The number of hydrogen-bond donors (Lipinski definition) is 1. The Kier molecular flexibility index (Phi) is 2.00. The molecule has 0 bridgehead atoms. The molecule has 0 aliphatic carbocycles. The van der Waals surface area contributed by atoms with Gasteiger partial charge in [0.1, 0.15) is 0 Å². The van der Waals surface area contributed by atoms with E-state index in [1.807, 2.05) is 7.05 Å². The van der Waals surface area contributed by atoms with Gasteiger partial charge in [-0.25, -0.2) is 0 Å². The molecule has 0 atom stereocenters. The van der Waals surface area contributed by atoms with E-state index in [0.717, 1.165) is 19.6 Å². The molecular weight excluding hydrogens is 150 g/mol. The van der Waals surface area contributed by atoms with Crippen molar-refractivity contribution in [3.8, 4) is 0 Å². The minimum absolute atomic E-state index is 0.777. The van der Waals surface area contributed by atoms with Crippen LogP contribution in [0.15, 0.2) is 18.2 Å². The molecule has 64 valence electrons. The molecule has 1 aromatic carbocycles. The largest absolute Gasteiger partial charge is 0.388 e. The lowest BCUT2D eigenvalue weighted by molar-refractivity contribution is 0.111. The highest BCUT2D eigenvalue weighted by Crippen LogP contribution is 2.20. The highest BCUT2D eigenvalue weighted by molar-refractivity contribution is 5.48. The highest BCUT2D eigenvalue weighted by atomic mass is 16.5. The van der Waals surface area contributed by atoms with Gasteiger partial charge >= 0.3 is 0 Å². The zero-order chi connectivity index (χ0) is 8.39. The van der Waals surface area contributed by atoms with Crippen LogP contribution in [0.4, 0.5) is 5.69 Å². The standard InChI is InChI=1S/C10H13NO/c1-11-10-3-2-9-7-12-5-4-8(9)6-10/h2-3,6,11H,4-5,7H2,1H3. The Labute approximate surface area is 72.5 Å². The summed E-state index contributed by atoms with van der Waals surface area (Å²) in [6.45, 7) is 1.64. The van der Waals surface area contributed by atoms with Crippen LogP contribution in [0, 0.1) is 0 Å². The van der Waals surface area contributed by atoms with Gasteiger partial charge in [0.2, 0.25) is 0 Å². The van der Waals surface area contributed by atoms with Crippen LogP contribution < -0.4 is 5.32 Å². The molecule has 1 aromatic rings. The van der Waals surface area contributed by atoms with Crippen LogP contribution >= 0.6 is 0 Å². The molecule has 0 unspecified atom stereocenters. The third-order valence-corrected chi connectivity index (χ3v) is 2.27. The van der Waals surface area contributed by atoms with Crippen LogP contribution in [-0.4, -0.2) is 13.7 Å². The minimum Gasteiger partial charge on any atom is -0.388 e. The van der Waals surface area contributed by atoms with Gasteiger partial charge in [-0.15, -0.1) is 0 Å². The number of nitrogens with one attached hydrogen (secondary N) is 1. The second kappa shape index (κ2) is 3.15. The third kappa shape index (κ3) is 1.30. The van der Waals surface area contributed by atoms with E-state index in [-0.39, 0.29) is 0 Å². The van der Waals surface area contributed by atoms with Gasteiger partial charge in [-0.05, 0) is 29.7 Å². The summed E-state index contributed by atoms with van der Waals surface area (Å²) >= 11 is 0. The number of ether oxygens (including phenoxy) is 1. The third-order valence-electron chi connectivity index (χ3n) is 2.27. The smallest absolute Gasteiger partial charge is 0.0719 e. The Bertz CT molecular complexity index is 283. The van der Waals surface area contributed by atoms with E-state index in [9.17, 15) is 0 Å². The predicted molar refractivity (Wildman–Crippen MR) is 49.3 cm³/mol. The lowest BCUT2D eigenvalue weighted by Gasteiger charge is -2.16. The lowest BCUT2D eigenvalue weighted by atomic mass is 10.0. The van der Waals surface area contributed by atoms with Gasteiger partial charge in [-0.1, -0.05) is 6.07 Å². The van der Waals surface area contributed by atoms with Crippen LogP contribution in [0.1, 0.15) is 11.1 Å². The zero-order valence-electron chi connectivity index (χ0n) is 7.26. The number of anilines is 1. The fourth-order valence-electron chi connectivity index (χ4n) is 1.52. The Morgan fingerprint density at radius 3 is 3.08 bits per heavy atom. The zero-order valence-corrected chi connectivity index (χ0v) is 7.26. The maximum atomic E-state index is 5.35. The Morgan fingerprint density at radius 1 is 1.33 bits per heavy atom. The number of benzene rings is 1. The van der Waals surface area contributed by atoms with Crippen LogP contribution in [0.25, 0.3) is 0 Å². The Hall–Kier alpha value is -1.02. The summed E-state index contributed by atoms with van der Waals surface area (Å²) in [7, 11) is 1.95. The van der Waals surface area contributed by atoms with Gasteiger partial charge in [-0.2, -0.15) is 0 Å². The molecule has 0 spiro atoms. The molecule has 2 heteroatoms.